The Morgan fingerprint density at radius 2 is 1.81 bits per heavy atom. The smallest absolute Gasteiger partial charge is 0.187 e. The second kappa shape index (κ2) is 6.16. The molecule has 0 saturated heterocycles. The van der Waals surface area contributed by atoms with Gasteiger partial charge in [0.1, 0.15) is 0 Å². The van der Waals surface area contributed by atoms with Crippen LogP contribution in [0.2, 0.25) is 0 Å². The van der Waals surface area contributed by atoms with Crippen LogP contribution in [0, 0.1) is 13.8 Å². The summed E-state index contributed by atoms with van der Waals surface area (Å²) in [7, 11) is 0. The molecule has 0 N–H and O–H groups in total. The fraction of sp³-hybridized carbons (Fsp3) is 0.308. The second-order valence-electron chi connectivity index (χ2n) is 3.55. The van der Waals surface area contributed by atoms with Gasteiger partial charge >= 0.3 is 0 Å². The van der Waals surface area contributed by atoms with E-state index in [-0.39, 0.29) is 5.78 Å². The van der Waals surface area contributed by atoms with Crippen LogP contribution in [-0.4, -0.2) is 18.3 Å². The van der Waals surface area contributed by atoms with Crippen LogP contribution in [-0.2, 0) is 0 Å². The lowest BCUT2D eigenvalue weighted by Crippen LogP contribution is -1.99. The summed E-state index contributed by atoms with van der Waals surface area (Å²) >= 11 is 3.21. The van der Waals surface area contributed by atoms with Crippen molar-refractivity contribution in [3.8, 4) is 0 Å². The zero-order valence-corrected chi connectivity index (χ0v) is 11.7. The first-order chi connectivity index (χ1) is 7.58. The first-order valence-electron chi connectivity index (χ1n) is 4.99. The van der Waals surface area contributed by atoms with E-state index >= 15 is 0 Å². The van der Waals surface area contributed by atoms with Gasteiger partial charge in [0.15, 0.2) is 5.78 Å². The van der Waals surface area contributed by atoms with Gasteiger partial charge in [-0.05, 0) is 38.0 Å². The average Bonchev–Trinajstić information content (AvgIpc) is 2.28. The lowest BCUT2D eigenvalue weighted by molar-refractivity contribution is 0.104. The van der Waals surface area contributed by atoms with Gasteiger partial charge in [0.2, 0.25) is 0 Å². The van der Waals surface area contributed by atoms with Gasteiger partial charge in [-0.15, -0.1) is 23.5 Å². The van der Waals surface area contributed by atoms with Crippen LogP contribution in [0.5, 0.6) is 0 Å². The summed E-state index contributed by atoms with van der Waals surface area (Å²) in [6.07, 6.45) is 5.69. The molecule has 1 nitrogen and oxygen atoms in total. The SMILES string of the molecule is CSC(=CC(=O)c1cc(C)ccc1C)SC. The third kappa shape index (κ3) is 3.42. The van der Waals surface area contributed by atoms with Gasteiger partial charge in [0.05, 0.1) is 0 Å². The van der Waals surface area contributed by atoms with E-state index in [1.165, 1.54) is 0 Å². The van der Waals surface area contributed by atoms with Gasteiger partial charge < -0.3 is 0 Å². The first kappa shape index (κ1) is 13.4. The highest BCUT2D eigenvalue weighted by Crippen LogP contribution is 2.24. The van der Waals surface area contributed by atoms with E-state index < -0.39 is 0 Å². The molecule has 1 rings (SSSR count). The maximum atomic E-state index is 12.0. The molecule has 0 unspecified atom stereocenters. The van der Waals surface area contributed by atoms with Gasteiger partial charge in [0.25, 0.3) is 0 Å². The maximum Gasteiger partial charge on any atom is 0.187 e. The molecule has 0 atom stereocenters. The van der Waals surface area contributed by atoms with Crippen molar-refractivity contribution >= 4 is 29.3 Å². The van der Waals surface area contributed by atoms with Crippen molar-refractivity contribution in [2.75, 3.05) is 12.5 Å². The molecule has 0 aliphatic carbocycles. The summed E-state index contributed by atoms with van der Waals surface area (Å²) in [6, 6.07) is 5.97. The Morgan fingerprint density at radius 1 is 1.19 bits per heavy atom. The van der Waals surface area contributed by atoms with Crippen molar-refractivity contribution in [1.29, 1.82) is 0 Å². The lowest BCUT2D eigenvalue weighted by atomic mass is 10.0. The Hall–Kier alpha value is -0.670. The second-order valence-corrected chi connectivity index (χ2v) is 5.51. The maximum absolute atomic E-state index is 12.0. The van der Waals surface area contributed by atoms with Crippen LogP contribution in [0.3, 0.4) is 0 Å². The highest BCUT2D eigenvalue weighted by Gasteiger charge is 2.07. The van der Waals surface area contributed by atoms with Crippen LogP contribution in [0.1, 0.15) is 21.5 Å². The molecule has 86 valence electrons. The van der Waals surface area contributed by atoms with Crippen LogP contribution in [0.25, 0.3) is 0 Å². The molecular formula is C13H16OS2. The Balaban J connectivity index is 3.05. The van der Waals surface area contributed by atoms with Crippen LogP contribution < -0.4 is 0 Å². The molecule has 0 fully saturated rings. The molecule has 0 saturated carbocycles. The molecular weight excluding hydrogens is 236 g/mol. The summed E-state index contributed by atoms with van der Waals surface area (Å²) < 4.78 is 1.05. The predicted molar refractivity (Wildman–Crippen MR) is 75.4 cm³/mol. The third-order valence-electron chi connectivity index (χ3n) is 2.31. The van der Waals surface area contributed by atoms with Gasteiger partial charge in [0, 0.05) is 15.9 Å². The van der Waals surface area contributed by atoms with Crippen LogP contribution >= 0.6 is 23.5 Å². The molecule has 0 heterocycles. The van der Waals surface area contributed by atoms with Gasteiger partial charge in [-0.3, -0.25) is 4.79 Å². The van der Waals surface area contributed by atoms with E-state index in [1.807, 2.05) is 44.6 Å². The highest BCUT2D eigenvalue weighted by molar-refractivity contribution is 8.21. The molecule has 1 aromatic carbocycles. The number of thioether (sulfide) groups is 2. The average molecular weight is 252 g/mol. The van der Waals surface area contributed by atoms with E-state index in [2.05, 4.69) is 0 Å². The standard InChI is InChI=1S/C13H16OS2/c1-9-5-6-10(2)11(7-9)12(14)8-13(15-3)16-4/h5-8H,1-4H3. The van der Waals surface area contributed by atoms with E-state index in [1.54, 1.807) is 29.6 Å². The molecule has 0 aliphatic rings. The Labute approximate surface area is 106 Å². The number of carbonyl (C=O) groups excluding carboxylic acids is 1. The Morgan fingerprint density at radius 3 is 2.38 bits per heavy atom. The number of ketones is 1. The van der Waals surface area contributed by atoms with Crippen LogP contribution in [0.15, 0.2) is 28.5 Å². The van der Waals surface area contributed by atoms with Crippen molar-refractivity contribution in [2.24, 2.45) is 0 Å². The largest absolute Gasteiger partial charge is 0.289 e. The molecule has 0 spiro atoms. The number of allylic oxidation sites excluding steroid dienone is 1. The minimum Gasteiger partial charge on any atom is -0.289 e. The predicted octanol–water partition coefficient (Wildman–Crippen LogP) is 4.05. The normalized spacial score (nSPS) is 10.0. The number of hydrogen-bond donors (Lipinski definition) is 0. The molecule has 0 radical (unpaired) electrons. The lowest BCUT2D eigenvalue weighted by Gasteiger charge is -2.04. The topological polar surface area (TPSA) is 17.1 Å². The van der Waals surface area contributed by atoms with E-state index in [4.69, 9.17) is 0 Å². The third-order valence-corrected chi connectivity index (χ3v) is 4.35. The van der Waals surface area contributed by atoms with Crippen molar-refractivity contribution in [3.63, 3.8) is 0 Å². The zero-order valence-electron chi connectivity index (χ0n) is 10.0. The molecule has 0 amide bonds. The quantitative estimate of drug-likeness (QED) is 0.594. The minimum absolute atomic E-state index is 0.0971. The number of aryl methyl sites for hydroxylation is 2. The number of rotatable bonds is 4. The molecule has 16 heavy (non-hydrogen) atoms. The first-order valence-corrected chi connectivity index (χ1v) is 7.44. The number of hydrogen-bond acceptors (Lipinski definition) is 3. The van der Waals surface area contributed by atoms with Crippen LogP contribution in [0.4, 0.5) is 0 Å². The molecule has 0 bridgehead atoms. The summed E-state index contributed by atoms with van der Waals surface area (Å²) in [4.78, 5) is 12.0. The van der Waals surface area contributed by atoms with E-state index in [0.717, 1.165) is 20.9 Å². The fourth-order valence-electron chi connectivity index (χ4n) is 1.39. The fourth-order valence-corrected chi connectivity index (χ4v) is 2.50. The molecule has 3 heteroatoms. The summed E-state index contributed by atoms with van der Waals surface area (Å²) in [6.45, 7) is 3.97. The van der Waals surface area contributed by atoms with E-state index in [0.29, 0.717) is 0 Å². The van der Waals surface area contributed by atoms with Crippen molar-refractivity contribution in [2.45, 2.75) is 13.8 Å². The van der Waals surface area contributed by atoms with E-state index in [9.17, 15) is 4.79 Å². The minimum atomic E-state index is 0.0971. The summed E-state index contributed by atoms with van der Waals surface area (Å²) in [5.41, 5.74) is 2.96. The van der Waals surface area contributed by atoms with Gasteiger partial charge in [-0.1, -0.05) is 17.7 Å². The molecule has 0 aliphatic heterocycles. The Kier molecular flexibility index (Phi) is 5.16. The number of benzene rings is 1. The summed E-state index contributed by atoms with van der Waals surface area (Å²) in [5, 5.41) is 0. The van der Waals surface area contributed by atoms with Crippen molar-refractivity contribution < 1.29 is 4.79 Å². The summed E-state index contributed by atoms with van der Waals surface area (Å²) in [5.74, 6) is 0.0971. The molecule has 1 aromatic rings. The Bertz CT molecular complexity index is 416. The number of carbonyl (C=O) groups is 1. The zero-order chi connectivity index (χ0) is 12.1. The van der Waals surface area contributed by atoms with Crippen molar-refractivity contribution in [1.82, 2.24) is 0 Å². The highest BCUT2D eigenvalue weighted by atomic mass is 32.2. The van der Waals surface area contributed by atoms with Gasteiger partial charge in [-0.25, -0.2) is 0 Å². The van der Waals surface area contributed by atoms with Crippen molar-refractivity contribution in [3.05, 3.63) is 45.2 Å². The molecule has 0 aromatic heterocycles. The monoisotopic (exact) mass is 252 g/mol. The van der Waals surface area contributed by atoms with Gasteiger partial charge in [-0.2, -0.15) is 0 Å².